The second-order valence-electron chi connectivity index (χ2n) is 9.13. The molecule has 3 aromatic rings. The molecule has 0 fully saturated rings. The summed E-state index contributed by atoms with van der Waals surface area (Å²) >= 11 is 0. The number of aromatic amines is 1. The average molecular weight is 456 g/mol. The minimum absolute atomic E-state index is 0.0305. The molecule has 34 heavy (non-hydrogen) atoms. The number of ether oxygens (including phenoxy) is 1. The zero-order valence-corrected chi connectivity index (χ0v) is 19.7. The Balaban J connectivity index is 1.68. The fourth-order valence-electron chi connectivity index (χ4n) is 5.65. The molecule has 6 nitrogen and oxygen atoms in total. The first-order valence-corrected chi connectivity index (χ1v) is 11.7. The highest BCUT2D eigenvalue weighted by Crippen LogP contribution is 2.53. The number of aromatic nitrogens is 1. The summed E-state index contributed by atoms with van der Waals surface area (Å²) in [5.41, 5.74) is 13.4. The number of aryl methyl sites for hydroxylation is 1. The summed E-state index contributed by atoms with van der Waals surface area (Å²) in [5, 5.41) is 3.09. The van der Waals surface area contributed by atoms with Crippen molar-refractivity contribution in [2.24, 2.45) is 5.73 Å². The van der Waals surface area contributed by atoms with E-state index in [1.54, 1.807) is 6.92 Å². The minimum atomic E-state index is -0.618. The number of nitrogens with one attached hydrogen (secondary N) is 2. The fraction of sp³-hybridized carbons (Fsp3) is 0.286. The van der Waals surface area contributed by atoms with E-state index in [4.69, 9.17) is 10.5 Å². The van der Waals surface area contributed by atoms with Crippen LogP contribution in [0.25, 0.3) is 6.08 Å². The number of carbonyl (C=O) groups is 2. The van der Waals surface area contributed by atoms with E-state index >= 15 is 0 Å². The number of H-pyrrole nitrogens is 1. The third-order valence-corrected chi connectivity index (χ3v) is 7.21. The monoisotopic (exact) mass is 455 g/mol. The van der Waals surface area contributed by atoms with Gasteiger partial charge in [0.05, 0.1) is 18.1 Å². The molecule has 2 heterocycles. The summed E-state index contributed by atoms with van der Waals surface area (Å²) < 4.78 is 5.29. The number of anilines is 1. The van der Waals surface area contributed by atoms with Crippen molar-refractivity contribution >= 4 is 23.6 Å². The number of rotatable bonds is 6. The maximum atomic E-state index is 13.5. The van der Waals surface area contributed by atoms with Crippen molar-refractivity contribution in [3.63, 3.8) is 0 Å². The van der Waals surface area contributed by atoms with E-state index in [0.29, 0.717) is 25.1 Å². The number of allylic oxidation sites excluding steroid dienone is 1. The molecule has 0 bridgehead atoms. The van der Waals surface area contributed by atoms with E-state index in [1.807, 2.05) is 44.2 Å². The highest BCUT2D eigenvalue weighted by Gasteiger charge is 2.50. The van der Waals surface area contributed by atoms with E-state index in [0.717, 1.165) is 44.9 Å². The first-order chi connectivity index (χ1) is 16.4. The van der Waals surface area contributed by atoms with Crippen molar-refractivity contribution in [2.75, 3.05) is 11.9 Å². The van der Waals surface area contributed by atoms with Crippen molar-refractivity contribution in [2.45, 2.75) is 45.1 Å². The Morgan fingerprint density at radius 2 is 1.97 bits per heavy atom. The van der Waals surface area contributed by atoms with Crippen LogP contribution in [0.3, 0.4) is 0 Å². The van der Waals surface area contributed by atoms with Gasteiger partial charge in [-0.05, 0) is 54.7 Å². The van der Waals surface area contributed by atoms with Gasteiger partial charge in [0, 0.05) is 35.5 Å². The third kappa shape index (κ3) is 3.29. The lowest BCUT2D eigenvalue weighted by Crippen LogP contribution is -2.37. The van der Waals surface area contributed by atoms with Gasteiger partial charge in [0.25, 0.3) is 0 Å². The molecule has 4 N–H and O–H groups in total. The van der Waals surface area contributed by atoms with Gasteiger partial charge in [-0.1, -0.05) is 48.6 Å². The van der Waals surface area contributed by atoms with Crippen LogP contribution in [0.5, 0.6) is 0 Å². The molecular formula is C28H29N3O3. The number of carbonyl (C=O) groups excluding carboxylic acids is 2. The Morgan fingerprint density at radius 1 is 1.18 bits per heavy atom. The molecule has 0 saturated carbocycles. The van der Waals surface area contributed by atoms with Crippen molar-refractivity contribution in [1.82, 2.24) is 4.98 Å². The quantitative estimate of drug-likeness (QED) is 0.477. The van der Waals surface area contributed by atoms with Crippen LogP contribution >= 0.6 is 0 Å². The topological polar surface area (TPSA) is 97.2 Å². The smallest absolute Gasteiger partial charge is 0.340 e. The number of hydrogen-bond donors (Lipinski definition) is 3. The van der Waals surface area contributed by atoms with Crippen LogP contribution in [0.4, 0.5) is 5.69 Å². The molecule has 1 amide bonds. The Bertz CT molecular complexity index is 1340. The van der Waals surface area contributed by atoms with Crippen LogP contribution in [0.15, 0.2) is 48.5 Å². The van der Waals surface area contributed by atoms with Crippen LogP contribution in [0, 0.1) is 13.8 Å². The Morgan fingerprint density at radius 3 is 2.74 bits per heavy atom. The fourth-order valence-corrected chi connectivity index (χ4v) is 5.65. The molecule has 0 spiro atoms. The second-order valence-corrected chi connectivity index (χ2v) is 9.13. The summed E-state index contributed by atoms with van der Waals surface area (Å²) in [4.78, 5) is 29.6. The van der Waals surface area contributed by atoms with E-state index in [-0.39, 0.29) is 11.9 Å². The molecule has 2 aromatic carbocycles. The molecule has 0 radical (unpaired) electrons. The van der Waals surface area contributed by atoms with Crippen molar-refractivity contribution in [3.05, 3.63) is 93.3 Å². The van der Waals surface area contributed by atoms with Crippen LogP contribution in [-0.4, -0.2) is 23.5 Å². The van der Waals surface area contributed by atoms with E-state index in [1.165, 1.54) is 0 Å². The van der Waals surface area contributed by atoms with E-state index < -0.39 is 11.3 Å². The van der Waals surface area contributed by atoms with Gasteiger partial charge in [0.2, 0.25) is 5.91 Å². The summed E-state index contributed by atoms with van der Waals surface area (Å²) in [5.74, 6) is -0.784. The van der Waals surface area contributed by atoms with Crippen LogP contribution < -0.4 is 11.1 Å². The summed E-state index contributed by atoms with van der Waals surface area (Å²) in [6.07, 6.45) is 4.80. The lowest BCUT2D eigenvalue weighted by atomic mass is 9.66. The van der Waals surface area contributed by atoms with Crippen molar-refractivity contribution in [3.8, 4) is 0 Å². The number of amides is 1. The number of hydrogen-bond acceptors (Lipinski definition) is 4. The predicted molar refractivity (Wildman–Crippen MR) is 133 cm³/mol. The zero-order chi connectivity index (χ0) is 24.0. The lowest BCUT2D eigenvalue weighted by molar-refractivity contribution is -0.118. The molecule has 6 heteroatoms. The second kappa shape index (κ2) is 8.29. The number of esters is 1. The molecule has 1 aliphatic heterocycles. The maximum absolute atomic E-state index is 13.5. The van der Waals surface area contributed by atoms with Crippen LogP contribution in [0.2, 0.25) is 0 Å². The predicted octanol–water partition coefficient (Wildman–Crippen LogP) is 4.51. The van der Waals surface area contributed by atoms with Crippen LogP contribution in [0.1, 0.15) is 62.4 Å². The summed E-state index contributed by atoms with van der Waals surface area (Å²) in [6.45, 7) is 6.36. The Kier molecular flexibility index (Phi) is 5.41. The number of benzene rings is 2. The third-order valence-electron chi connectivity index (χ3n) is 7.21. The molecule has 0 saturated heterocycles. The van der Waals surface area contributed by atoms with Crippen molar-refractivity contribution in [1.29, 1.82) is 0 Å². The Hall–Kier alpha value is -3.64. The maximum Gasteiger partial charge on any atom is 0.340 e. The van der Waals surface area contributed by atoms with Gasteiger partial charge in [0.15, 0.2) is 0 Å². The minimum Gasteiger partial charge on any atom is -0.462 e. The van der Waals surface area contributed by atoms with Gasteiger partial charge in [-0.3, -0.25) is 4.79 Å². The van der Waals surface area contributed by atoms with Gasteiger partial charge in [0.1, 0.15) is 0 Å². The first kappa shape index (κ1) is 22.2. The zero-order valence-electron chi connectivity index (χ0n) is 19.7. The molecule has 1 aromatic heterocycles. The summed E-state index contributed by atoms with van der Waals surface area (Å²) in [6, 6.07) is 14.1. The van der Waals surface area contributed by atoms with Crippen LogP contribution in [-0.2, 0) is 27.9 Å². The van der Waals surface area contributed by atoms with Crippen molar-refractivity contribution < 1.29 is 14.3 Å². The average Bonchev–Trinajstić information content (AvgIpc) is 3.44. The molecule has 2 unspecified atom stereocenters. The Labute approximate surface area is 199 Å². The van der Waals surface area contributed by atoms with Gasteiger partial charge in [-0.2, -0.15) is 0 Å². The molecule has 2 aliphatic rings. The lowest BCUT2D eigenvalue weighted by Gasteiger charge is -2.34. The number of nitrogens with two attached hydrogens (primary N) is 1. The highest BCUT2D eigenvalue weighted by atomic mass is 16.5. The van der Waals surface area contributed by atoms with Gasteiger partial charge >= 0.3 is 5.97 Å². The summed E-state index contributed by atoms with van der Waals surface area (Å²) in [7, 11) is 0. The molecule has 174 valence electrons. The molecule has 5 rings (SSSR count). The SMILES string of the molecule is CCOC(=O)c1c(C)[nH]c(CC2(C3C(=O)Nc4ccc(CN)cc43)C=Cc3ccccc32)c1C. The highest BCUT2D eigenvalue weighted by molar-refractivity contribution is 6.05. The first-order valence-electron chi connectivity index (χ1n) is 11.7. The molecule has 2 atom stereocenters. The standard InChI is InChI=1S/C28H29N3O3/c1-4-34-27(33)24-16(2)23(30-17(24)3)14-28(12-11-19-7-5-6-8-21(19)28)25-20-13-18(15-29)9-10-22(20)31-26(25)32/h5-13,25,30H,4,14-15,29H2,1-3H3,(H,31,32). The van der Waals surface area contributed by atoms with Gasteiger partial charge < -0.3 is 20.8 Å². The van der Waals surface area contributed by atoms with E-state index in [2.05, 4.69) is 34.6 Å². The van der Waals surface area contributed by atoms with E-state index in [9.17, 15) is 9.59 Å². The largest absolute Gasteiger partial charge is 0.462 e. The van der Waals surface area contributed by atoms with Gasteiger partial charge in [-0.25, -0.2) is 4.79 Å². The molecular weight excluding hydrogens is 426 g/mol. The number of fused-ring (bicyclic) bond motifs is 2. The van der Waals surface area contributed by atoms with Gasteiger partial charge in [-0.15, -0.1) is 0 Å². The normalized spacial score (nSPS) is 20.2. The molecule has 1 aliphatic carbocycles.